The zero-order chi connectivity index (χ0) is 4.50. The standard InChI is InChI=1S/4ClH.N.Pd/h4*1H;;/q;;;;;+4/p-4. The van der Waals surface area contributed by atoms with Gasteiger partial charge in [-0.15, -0.1) is 0 Å². The molecule has 0 aliphatic carbocycles. The van der Waals surface area contributed by atoms with Gasteiger partial charge in [-0.25, -0.2) is 0 Å². The van der Waals surface area contributed by atoms with Gasteiger partial charge >= 0.3 is 49.6 Å². The van der Waals surface area contributed by atoms with E-state index in [0.717, 1.165) is 0 Å². The predicted molar refractivity (Wildman–Crippen MR) is 25.5 cm³/mol. The van der Waals surface area contributed by atoms with E-state index < -0.39 is 11.5 Å². The molecule has 0 amide bonds. The molecule has 0 aliphatic heterocycles. The molecule has 0 atom stereocenters. The van der Waals surface area contributed by atoms with E-state index in [4.69, 9.17) is 38.1 Å². The molecule has 0 aromatic rings. The molecule has 0 N–H and O–H groups in total. The largest absolute Gasteiger partial charge is 0 e. The fourth-order valence-electron chi connectivity index (χ4n) is 0. The van der Waals surface area contributed by atoms with Gasteiger partial charge in [0.2, 0.25) is 0 Å². The van der Waals surface area contributed by atoms with Gasteiger partial charge < -0.3 is 0 Å². The SMILES string of the molecule is [Cl][Pd]([Cl])([Cl])[Cl].[N]. The Morgan fingerprint density at radius 3 is 0.833 bits per heavy atom. The summed E-state index contributed by atoms with van der Waals surface area (Å²) < 4.78 is 0. The van der Waals surface area contributed by atoms with Crippen molar-refractivity contribution in [1.29, 1.82) is 0 Å². The van der Waals surface area contributed by atoms with Crippen molar-refractivity contribution < 1.29 is 11.5 Å². The van der Waals surface area contributed by atoms with E-state index in [2.05, 4.69) is 0 Å². The van der Waals surface area contributed by atoms with Crippen molar-refractivity contribution in [2.45, 2.75) is 0 Å². The summed E-state index contributed by atoms with van der Waals surface area (Å²) in [5, 5.41) is 0. The van der Waals surface area contributed by atoms with E-state index in [9.17, 15) is 0 Å². The molecule has 6 heavy (non-hydrogen) atoms. The van der Waals surface area contributed by atoms with Crippen molar-refractivity contribution in [2.24, 2.45) is 0 Å². The van der Waals surface area contributed by atoms with E-state index >= 15 is 0 Å². The molecule has 0 fully saturated rings. The normalized spacial score (nSPS) is 12.7. The van der Waals surface area contributed by atoms with E-state index in [-0.39, 0.29) is 6.15 Å². The van der Waals surface area contributed by atoms with Crippen LogP contribution < -0.4 is 6.15 Å². The van der Waals surface area contributed by atoms with Crippen molar-refractivity contribution in [2.75, 3.05) is 0 Å². The maximum atomic E-state index is 4.98. The Morgan fingerprint density at radius 2 is 0.833 bits per heavy atom. The van der Waals surface area contributed by atoms with Crippen molar-refractivity contribution in [3.05, 3.63) is 0 Å². The van der Waals surface area contributed by atoms with E-state index in [1.807, 2.05) is 0 Å². The molecule has 0 bridgehead atoms. The zero-order valence-electron chi connectivity index (χ0n) is 2.28. The van der Waals surface area contributed by atoms with Crippen LogP contribution in [0.4, 0.5) is 0 Å². The Hall–Kier alpha value is 1.78. The van der Waals surface area contributed by atoms with Crippen molar-refractivity contribution in [3.8, 4) is 0 Å². The molecule has 43 valence electrons. The molecule has 0 unspecified atom stereocenters. The Morgan fingerprint density at radius 1 is 0.833 bits per heavy atom. The third kappa shape index (κ3) is 41.6. The number of hydrogen-bond donors (Lipinski definition) is 0. The topological polar surface area (TPSA) is 30.5 Å². The average Bonchev–Trinajstić information content (AvgIpc) is 0.722. The molecular weight excluding hydrogens is 262 g/mol. The van der Waals surface area contributed by atoms with Gasteiger partial charge in [-0.2, -0.15) is 0 Å². The third-order valence-electron chi connectivity index (χ3n) is 0. The zero-order valence-corrected chi connectivity index (χ0v) is 6.85. The van der Waals surface area contributed by atoms with Crippen LogP contribution in [0.1, 0.15) is 0 Å². The first-order chi connectivity index (χ1) is 2.00. The first-order valence-corrected chi connectivity index (χ1v) is 8.49. The molecule has 0 spiro atoms. The van der Waals surface area contributed by atoms with Gasteiger partial charge in [-0.3, -0.25) is 0 Å². The monoisotopic (exact) mass is 260 g/mol. The fraction of sp³-hybridized carbons (Fsp3) is 0. The summed E-state index contributed by atoms with van der Waals surface area (Å²) in [7, 11) is 19.9. The second-order valence-electron chi connectivity index (χ2n) is 0.271. The van der Waals surface area contributed by atoms with Crippen LogP contribution in [-0.2, 0) is 11.5 Å². The van der Waals surface area contributed by atoms with Crippen molar-refractivity contribution >= 4 is 38.1 Å². The Balaban J connectivity index is 0. The Bertz CT molecular complexity index is 23.0. The summed E-state index contributed by atoms with van der Waals surface area (Å²) in [6, 6.07) is 0. The average molecular weight is 262 g/mol. The molecule has 0 rings (SSSR count). The Labute approximate surface area is 55.4 Å². The quantitative estimate of drug-likeness (QED) is 0.600. The summed E-state index contributed by atoms with van der Waals surface area (Å²) in [6.07, 6.45) is 0. The van der Waals surface area contributed by atoms with Crippen LogP contribution in [0.15, 0.2) is 0 Å². The maximum absolute atomic E-state index is 4.98. The summed E-state index contributed by atoms with van der Waals surface area (Å²) in [4.78, 5) is 0. The molecule has 3 radical (unpaired) electrons. The van der Waals surface area contributed by atoms with Crippen LogP contribution in [-0.4, -0.2) is 0 Å². The first-order valence-electron chi connectivity index (χ1n) is 0.478. The summed E-state index contributed by atoms with van der Waals surface area (Å²) in [5.41, 5.74) is 0. The van der Waals surface area contributed by atoms with Crippen LogP contribution in [0.5, 0.6) is 0 Å². The second-order valence-corrected chi connectivity index (χ2v) is 14.4. The molecular formula is Cl4NPd. The van der Waals surface area contributed by atoms with Gasteiger partial charge in [-0.1, -0.05) is 0 Å². The molecule has 1 nitrogen and oxygen atoms in total. The first kappa shape index (κ1) is 10.7. The third-order valence-corrected chi connectivity index (χ3v) is 0. The molecule has 6 heteroatoms. The predicted octanol–water partition coefficient (Wildman–Crippen LogP) is 2.27. The van der Waals surface area contributed by atoms with Crippen LogP contribution in [0, 0.1) is 0 Å². The number of hydrogen-bond acceptors (Lipinski definition) is 0. The summed E-state index contributed by atoms with van der Waals surface area (Å²) >= 11 is -2.81. The molecule has 0 aliphatic rings. The minimum absolute atomic E-state index is 0. The van der Waals surface area contributed by atoms with Gasteiger partial charge in [0.1, 0.15) is 0 Å². The minimum Gasteiger partial charge on any atom is 0 e. The molecule has 0 aromatic carbocycles. The van der Waals surface area contributed by atoms with E-state index in [0.29, 0.717) is 0 Å². The molecule has 0 saturated heterocycles. The maximum Gasteiger partial charge on any atom is 0 e. The summed E-state index contributed by atoms with van der Waals surface area (Å²) in [6.45, 7) is 0. The van der Waals surface area contributed by atoms with Gasteiger partial charge in [-0.05, 0) is 0 Å². The molecule has 0 heterocycles. The fourth-order valence-corrected chi connectivity index (χ4v) is 0. The van der Waals surface area contributed by atoms with Gasteiger partial charge in [0, 0.05) is 6.15 Å². The molecule has 0 aromatic heterocycles. The number of halogens is 4. The number of nitrogens with zero attached hydrogens (tertiary/aromatic N) is 1. The second kappa shape index (κ2) is 3.74. The van der Waals surface area contributed by atoms with E-state index in [1.54, 1.807) is 0 Å². The Kier molecular flexibility index (Phi) is 6.68. The van der Waals surface area contributed by atoms with Gasteiger partial charge in [0.15, 0.2) is 0 Å². The number of rotatable bonds is 0. The van der Waals surface area contributed by atoms with E-state index in [1.165, 1.54) is 0 Å². The van der Waals surface area contributed by atoms with Crippen LogP contribution >= 0.6 is 38.1 Å². The van der Waals surface area contributed by atoms with Crippen LogP contribution in [0.25, 0.3) is 0 Å². The van der Waals surface area contributed by atoms with Crippen LogP contribution in [0.3, 0.4) is 0 Å². The smallest absolute Gasteiger partial charge is 0 e. The minimum atomic E-state index is -2.81. The van der Waals surface area contributed by atoms with Crippen LogP contribution in [0.2, 0.25) is 0 Å². The summed E-state index contributed by atoms with van der Waals surface area (Å²) in [5.74, 6) is 0. The van der Waals surface area contributed by atoms with Crippen molar-refractivity contribution in [3.63, 3.8) is 0 Å². The molecule has 0 saturated carbocycles. The van der Waals surface area contributed by atoms with Gasteiger partial charge in [0.25, 0.3) is 0 Å². The van der Waals surface area contributed by atoms with Gasteiger partial charge in [0.05, 0.1) is 0 Å². The van der Waals surface area contributed by atoms with Crippen molar-refractivity contribution in [1.82, 2.24) is 6.15 Å².